The minimum Gasteiger partial charge on any atom is -0.465 e. The first kappa shape index (κ1) is 12.1. The normalized spacial score (nSPS) is 11.0. The smallest absolute Gasteiger partial charge is 0.348 e. The fourth-order valence-electron chi connectivity index (χ4n) is 1.69. The molecular formula is C11H14N2O3S. The van der Waals surface area contributed by atoms with Gasteiger partial charge >= 0.3 is 5.97 Å². The summed E-state index contributed by atoms with van der Waals surface area (Å²) in [5.41, 5.74) is 0.963. The molecule has 0 N–H and O–H groups in total. The van der Waals surface area contributed by atoms with Crippen LogP contribution in [0.1, 0.15) is 15.5 Å². The Morgan fingerprint density at radius 2 is 2.29 bits per heavy atom. The zero-order chi connectivity index (χ0) is 12.4. The fraction of sp³-hybridized carbons (Fsp3) is 0.455. The van der Waals surface area contributed by atoms with Crippen LogP contribution in [0.2, 0.25) is 0 Å². The fourth-order valence-corrected chi connectivity index (χ4v) is 2.69. The Morgan fingerprint density at radius 1 is 1.53 bits per heavy atom. The number of imidazole rings is 1. The number of aryl methyl sites for hydroxylation is 1. The number of fused-ring (bicyclic) bond motifs is 1. The van der Waals surface area contributed by atoms with Gasteiger partial charge in [-0.25, -0.2) is 9.78 Å². The number of esters is 1. The summed E-state index contributed by atoms with van der Waals surface area (Å²) < 4.78 is 11.8. The number of aromatic nitrogens is 2. The Balaban J connectivity index is 2.41. The van der Waals surface area contributed by atoms with Gasteiger partial charge in [0.1, 0.15) is 15.5 Å². The van der Waals surface area contributed by atoms with E-state index in [9.17, 15) is 4.79 Å². The standard InChI is InChI=1S/C11H14N2O3S/c1-7-12-10-8(13(7)4-5-15-2)6-9(17-10)11(14)16-3/h6H,4-5H2,1-3H3. The van der Waals surface area contributed by atoms with Crippen LogP contribution < -0.4 is 0 Å². The number of rotatable bonds is 4. The van der Waals surface area contributed by atoms with Crippen molar-refractivity contribution >= 4 is 27.7 Å². The maximum atomic E-state index is 11.4. The molecule has 0 unspecified atom stereocenters. The quantitative estimate of drug-likeness (QED) is 0.781. The minimum absolute atomic E-state index is 0.316. The van der Waals surface area contributed by atoms with Crippen molar-refractivity contribution < 1.29 is 14.3 Å². The van der Waals surface area contributed by atoms with E-state index in [0.29, 0.717) is 11.5 Å². The largest absolute Gasteiger partial charge is 0.465 e. The summed E-state index contributed by atoms with van der Waals surface area (Å²) in [5.74, 6) is 0.615. The van der Waals surface area contributed by atoms with Crippen LogP contribution in [-0.4, -0.2) is 36.3 Å². The second-order valence-electron chi connectivity index (χ2n) is 3.60. The molecule has 2 aromatic heterocycles. The van der Waals surface area contributed by atoms with Gasteiger partial charge in [0, 0.05) is 13.7 Å². The van der Waals surface area contributed by atoms with Gasteiger partial charge in [-0.15, -0.1) is 11.3 Å². The van der Waals surface area contributed by atoms with E-state index in [1.165, 1.54) is 18.4 Å². The number of hydrogen-bond acceptors (Lipinski definition) is 5. The molecule has 0 aliphatic carbocycles. The molecule has 0 spiro atoms. The van der Waals surface area contributed by atoms with Gasteiger partial charge in [0.05, 0.1) is 19.2 Å². The molecule has 2 heterocycles. The lowest BCUT2D eigenvalue weighted by atomic mass is 10.4. The first-order valence-corrected chi connectivity index (χ1v) is 6.03. The molecule has 6 heteroatoms. The Morgan fingerprint density at radius 3 is 2.94 bits per heavy atom. The van der Waals surface area contributed by atoms with Gasteiger partial charge < -0.3 is 14.0 Å². The van der Waals surface area contributed by atoms with E-state index in [1.807, 2.05) is 17.6 Å². The third-order valence-corrected chi connectivity index (χ3v) is 3.54. The molecule has 0 aromatic carbocycles. The molecule has 0 saturated heterocycles. The van der Waals surface area contributed by atoms with Crippen molar-refractivity contribution in [3.63, 3.8) is 0 Å². The van der Waals surface area contributed by atoms with E-state index in [0.717, 1.165) is 22.7 Å². The van der Waals surface area contributed by atoms with Crippen molar-refractivity contribution in [2.45, 2.75) is 13.5 Å². The Bertz CT molecular complexity index is 544. The van der Waals surface area contributed by atoms with Gasteiger partial charge in [-0.2, -0.15) is 0 Å². The maximum absolute atomic E-state index is 11.4. The third kappa shape index (κ3) is 2.18. The average molecular weight is 254 g/mol. The van der Waals surface area contributed by atoms with Crippen molar-refractivity contribution in [2.24, 2.45) is 0 Å². The molecule has 17 heavy (non-hydrogen) atoms. The summed E-state index contributed by atoms with van der Waals surface area (Å²) in [6, 6.07) is 1.82. The second kappa shape index (κ2) is 4.85. The van der Waals surface area contributed by atoms with E-state index in [4.69, 9.17) is 9.47 Å². The molecule has 2 aromatic rings. The van der Waals surface area contributed by atoms with Crippen molar-refractivity contribution in [3.8, 4) is 0 Å². The SMILES string of the molecule is COCCn1c(C)nc2sc(C(=O)OC)cc21. The highest BCUT2D eigenvalue weighted by atomic mass is 32.1. The monoisotopic (exact) mass is 254 g/mol. The molecule has 5 nitrogen and oxygen atoms in total. The zero-order valence-corrected chi connectivity index (χ0v) is 10.8. The molecular weight excluding hydrogens is 240 g/mol. The molecule has 2 rings (SSSR count). The number of thiophene rings is 1. The van der Waals surface area contributed by atoms with Gasteiger partial charge in [0.15, 0.2) is 0 Å². The number of hydrogen-bond donors (Lipinski definition) is 0. The summed E-state index contributed by atoms with van der Waals surface area (Å²) in [6.07, 6.45) is 0. The van der Waals surface area contributed by atoms with Gasteiger partial charge in [-0.1, -0.05) is 0 Å². The summed E-state index contributed by atoms with van der Waals surface area (Å²) in [6.45, 7) is 3.30. The van der Waals surface area contributed by atoms with Crippen LogP contribution >= 0.6 is 11.3 Å². The predicted octanol–water partition coefficient (Wildman–Crippen LogP) is 1.84. The lowest BCUT2D eigenvalue weighted by Gasteiger charge is -2.04. The topological polar surface area (TPSA) is 53.4 Å². The Kier molecular flexibility index (Phi) is 3.44. The number of ether oxygens (including phenoxy) is 2. The number of carbonyl (C=O) groups excluding carboxylic acids is 1. The Hall–Kier alpha value is -1.40. The second-order valence-corrected chi connectivity index (χ2v) is 4.63. The molecule has 0 saturated carbocycles. The van der Waals surface area contributed by atoms with Crippen LogP contribution in [0.5, 0.6) is 0 Å². The van der Waals surface area contributed by atoms with E-state index in [-0.39, 0.29) is 5.97 Å². The molecule has 0 aliphatic heterocycles. The maximum Gasteiger partial charge on any atom is 0.348 e. The summed E-state index contributed by atoms with van der Waals surface area (Å²) in [4.78, 5) is 17.3. The van der Waals surface area contributed by atoms with Crippen molar-refractivity contribution in [1.82, 2.24) is 9.55 Å². The van der Waals surface area contributed by atoms with E-state index < -0.39 is 0 Å². The molecule has 0 bridgehead atoms. The van der Waals surface area contributed by atoms with Crippen LogP contribution in [0.25, 0.3) is 10.3 Å². The molecule has 0 amide bonds. The number of nitrogens with zero attached hydrogens (tertiary/aromatic N) is 2. The average Bonchev–Trinajstić information content (AvgIpc) is 2.83. The highest BCUT2D eigenvalue weighted by molar-refractivity contribution is 7.20. The van der Waals surface area contributed by atoms with E-state index in [1.54, 1.807) is 7.11 Å². The first-order chi connectivity index (χ1) is 8.17. The molecule has 0 atom stereocenters. The number of methoxy groups -OCH3 is 2. The first-order valence-electron chi connectivity index (χ1n) is 5.21. The van der Waals surface area contributed by atoms with E-state index >= 15 is 0 Å². The van der Waals surface area contributed by atoms with Gasteiger partial charge in [0.25, 0.3) is 0 Å². The lowest BCUT2D eigenvalue weighted by molar-refractivity contribution is 0.0606. The minimum atomic E-state index is -0.316. The van der Waals surface area contributed by atoms with Crippen LogP contribution in [-0.2, 0) is 16.0 Å². The van der Waals surface area contributed by atoms with Crippen molar-refractivity contribution in [3.05, 3.63) is 16.8 Å². The van der Waals surface area contributed by atoms with Crippen LogP contribution in [0, 0.1) is 6.92 Å². The predicted molar refractivity (Wildman–Crippen MR) is 65.6 cm³/mol. The molecule has 92 valence electrons. The molecule has 0 fully saturated rings. The molecule has 0 radical (unpaired) electrons. The van der Waals surface area contributed by atoms with Gasteiger partial charge in [-0.05, 0) is 13.0 Å². The summed E-state index contributed by atoms with van der Waals surface area (Å²) in [5, 5.41) is 0. The lowest BCUT2D eigenvalue weighted by Crippen LogP contribution is -2.06. The summed E-state index contributed by atoms with van der Waals surface area (Å²) >= 11 is 1.35. The summed E-state index contributed by atoms with van der Waals surface area (Å²) in [7, 11) is 3.04. The highest BCUT2D eigenvalue weighted by Crippen LogP contribution is 2.26. The third-order valence-electron chi connectivity index (χ3n) is 2.54. The van der Waals surface area contributed by atoms with E-state index in [2.05, 4.69) is 4.98 Å². The Labute approximate surface area is 103 Å². The van der Waals surface area contributed by atoms with Crippen LogP contribution in [0.3, 0.4) is 0 Å². The highest BCUT2D eigenvalue weighted by Gasteiger charge is 2.15. The van der Waals surface area contributed by atoms with Gasteiger partial charge in [-0.3, -0.25) is 0 Å². The zero-order valence-electron chi connectivity index (χ0n) is 10.0. The van der Waals surface area contributed by atoms with Crippen molar-refractivity contribution in [2.75, 3.05) is 20.8 Å². The van der Waals surface area contributed by atoms with Gasteiger partial charge in [0.2, 0.25) is 0 Å². The van der Waals surface area contributed by atoms with Crippen LogP contribution in [0.4, 0.5) is 0 Å². The number of carbonyl (C=O) groups is 1. The molecule has 0 aliphatic rings. The van der Waals surface area contributed by atoms with Crippen LogP contribution in [0.15, 0.2) is 6.07 Å². The van der Waals surface area contributed by atoms with Crippen molar-refractivity contribution in [1.29, 1.82) is 0 Å².